The minimum absolute atomic E-state index is 0.180. The minimum atomic E-state index is -0.801. The zero-order valence-corrected chi connectivity index (χ0v) is 10.5. The number of hydrogen-bond acceptors (Lipinski definition) is 5. The van der Waals surface area contributed by atoms with E-state index in [-0.39, 0.29) is 13.2 Å². The van der Waals surface area contributed by atoms with Crippen molar-refractivity contribution >= 4 is 16.7 Å². The largest absolute Gasteiger partial charge is 0.394 e. The van der Waals surface area contributed by atoms with Gasteiger partial charge in [0.1, 0.15) is 12.1 Å². The highest BCUT2D eigenvalue weighted by atomic mass is 16.3. The van der Waals surface area contributed by atoms with Crippen molar-refractivity contribution in [2.45, 2.75) is 19.4 Å². The van der Waals surface area contributed by atoms with Crippen LogP contribution in [0.3, 0.4) is 0 Å². The van der Waals surface area contributed by atoms with Gasteiger partial charge in [-0.25, -0.2) is 9.97 Å². The van der Waals surface area contributed by atoms with Crippen LogP contribution in [0.15, 0.2) is 24.5 Å². The molecule has 18 heavy (non-hydrogen) atoms. The van der Waals surface area contributed by atoms with Crippen molar-refractivity contribution in [2.24, 2.45) is 0 Å². The summed E-state index contributed by atoms with van der Waals surface area (Å²) in [4.78, 5) is 8.37. The van der Waals surface area contributed by atoms with Gasteiger partial charge in [-0.05, 0) is 26.0 Å². The molecule has 3 N–H and O–H groups in total. The van der Waals surface area contributed by atoms with E-state index in [1.54, 1.807) is 6.92 Å². The Bertz CT molecular complexity index is 553. The number of anilines is 1. The zero-order valence-electron chi connectivity index (χ0n) is 10.5. The molecule has 0 saturated carbocycles. The fourth-order valence-electron chi connectivity index (χ4n) is 1.68. The van der Waals surface area contributed by atoms with Gasteiger partial charge < -0.3 is 15.5 Å². The summed E-state index contributed by atoms with van der Waals surface area (Å²) in [6, 6.07) is 5.88. The first kappa shape index (κ1) is 12.7. The van der Waals surface area contributed by atoms with Crippen LogP contribution in [0.1, 0.15) is 12.5 Å². The fourth-order valence-corrected chi connectivity index (χ4v) is 1.68. The van der Waals surface area contributed by atoms with Crippen LogP contribution in [-0.2, 0) is 0 Å². The van der Waals surface area contributed by atoms with E-state index in [4.69, 9.17) is 0 Å². The average Bonchev–Trinajstić information content (AvgIpc) is 2.39. The molecule has 5 nitrogen and oxygen atoms in total. The highest BCUT2D eigenvalue weighted by molar-refractivity contribution is 5.89. The van der Waals surface area contributed by atoms with Gasteiger partial charge in [0.25, 0.3) is 0 Å². The SMILES string of the molecule is Cc1ccc2ncnc(NC(C)(CO)CO)c2c1. The van der Waals surface area contributed by atoms with Crippen molar-refractivity contribution in [3.05, 3.63) is 30.1 Å². The first-order valence-electron chi connectivity index (χ1n) is 5.79. The van der Waals surface area contributed by atoms with Crippen molar-refractivity contribution in [1.29, 1.82) is 0 Å². The number of aryl methyl sites for hydroxylation is 1. The Hall–Kier alpha value is -1.72. The van der Waals surface area contributed by atoms with E-state index in [9.17, 15) is 10.2 Å². The van der Waals surface area contributed by atoms with E-state index in [1.165, 1.54) is 6.33 Å². The second kappa shape index (κ2) is 4.88. The van der Waals surface area contributed by atoms with Crippen molar-refractivity contribution in [1.82, 2.24) is 9.97 Å². The summed E-state index contributed by atoms with van der Waals surface area (Å²) >= 11 is 0. The number of fused-ring (bicyclic) bond motifs is 1. The van der Waals surface area contributed by atoms with E-state index in [0.717, 1.165) is 16.5 Å². The number of aromatic nitrogens is 2. The Morgan fingerprint density at radius 3 is 2.61 bits per heavy atom. The van der Waals surface area contributed by atoms with E-state index >= 15 is 0 Å². The van der Waals surface area contributed by atoms with Crippen LogP contribution in [0.4, 0.5) is 5.82 Å². The van der Waals surface area contributed by atoms with Crippen molar-refractivity contribution < 1.29 is 10.2 Å². The van der Waals surface area contributed by atoms with Gasteiger partial charge >= 0.3 is 0 Å². The molecule has 1 heterocycles. The molecular formula is C13H17N3O2. The van der Waals surface area contributed by atoms with Gasteiger partial charge in [-0.2, -0.15) is 0 Å². The summed E-state index contributed by atoms with van der Waals surface area (Å²) < 4.78 is 0. The van der Waals surface area contributed by atoms with Gasteiger partial charge in [-0.15, -0.1) is 0 Å². The fraction of sp³-hybridized carbons (Fsp3) is 0.385. The van der Waals surface area contributed by atoms with Crippen LogP contribution in [0.25, 0.3) is 10.9 Å². The molecule has 5 heteroatoms. The lowest BCUT2D eigenvalue weighted by Gasteiger charge is -2.27. The van der Waals surface area contributed by atoms with Gasteiger partial charge in [-0.3, -0.25) is 0 Å². The summed E-state index contributed by atoms with van der Waals surface area (Å²) in [6.45, 7) is 3.37. The molecule has 0 aliphatic heterocycles. The summed E-state index contributed by atoms with van der Waals surface area (Å²) in [7, 11) is 0. The monoisotopic (exact) mass is 247 g/mol. The van der Waals surface area contributed by atoms with Crippen molar-refractivity contribution in [3.63, 3.8) is 0 Å². The van der Waals surface area contributed by atoms with Crippen LogP contribution in [0, 0.1) is 6.92 Å². The number of rotatable bonds is 4. The van der Waals surface area contributed by atoms with Crippen LogP contribution < -0.4 is 5.32 Å². The number of aliphatic hydroxyl groups excluding tert-OH is 2. The van der Waals surface area contributed by atoms with Crippen molar-refractivity contribution in [3.8, 4) is 0 Å². The Labute approximate surface area is 106 Å². The normalized spacial score (nSPS) is 11.8. The first-order valence-corrected chi connectivity index (χ1v) is 5.79. The Balaban J connectivity index is 2.47. The quantitative estimate of drug-likeness (QED) is 0.754. The molecule has 1 aromatic heterocycles. The Morgan fingerprint density at radius 1 is 1.22 bits per heavy atom. The van der Waals surface area contributed by atoms with Crippen LogP contribution in [0.5, 0.6) is 0 Å². The van der Waals surface area contributed by atoms with Crippen LogP contribution in [-0.4, -0.2) is 38.9 Å². The summed E-state index contributed by atoms with van der Waals surface area (Å²) in [6.07, 6.45) is 1.47. The van der Waals surface area contributed by atoms with Gasteiger partial charge in [-0.1, -0.05) is 11.6 Å². The number of benzene rings is 1. The maximum atomic E-state index is 9.31. The lowest BCUT2D eigenvalue weighted by Crippen LogP contribution is -2.42. The van der Waals surface area contributed by atoms with E-state index in [2.05, 4.69) is 15.3 Å². The maximum absolute atomic E-state index is 9.31. The molecular weight excluding hydrogens is 230 g/mol. The minimum Gasteiger partial charge on any atom is -0.394 e. The van der Waals surface area contributed by atoms with E-state index in [0.29, 0.717) is 5.82 Å². The molecule has 0 fully saturated rings. The third-order valence-electron chi connectivity index (χ3n) is 2.91. The molecule has 2 aromatic rings. The molecule has 0 bridgehead atoms. The molecule has 96 valence electrons. The summed E-state index contributed by atoms with van der Waals surface area (Å²) in [5, 5.41) is 22.6. The van der Waals surface area contributed by atoms with Crippen LogP contribution in [0.2, 0.25) is 0 Å². The Kier molecular flexibility index (Phi) is 3.45. The smallest absolute Gasteiger partial charge is 0.137 e. The summed E-state index contributed by atoms with van der Waals surface area (Å²) in [5.41, 5.74) is 1.14. The van der Waals surface area contributed by atoms with E-state index in [1.807, 2.05) is 25.1 Å². The van der Waals surface area contributed by atoms with Crippen LogP contribution >= 0.6 is 0 Å². The van der Waals surface area contributed by atoms with Gasteiger partial charge in [0, 0.05) is 5.39 Å². The zero-order chi connectivity index (χ0) is 13.2. The molecule has 0 amide bonds. The topological polar surface area (TPSA) is 78.3 Å². The highest BCUT2D eigenvalue weighted by Crippen LogP contribution is 2.23. The number of nitrogens with zero attached hydrogens (tertiary/aromatic N) is 2. The van der Waals surface area contributed by atoms with E-state index < -0.39 is 5.54 Å². The summed E-state index contributed by atoms with van der Waals surface area (Å²) in [5.74, 6) is 0.620. The first-order chi connectivity index (χ1) is 8.58. The molecule has 0 radical (unpaired) electrons. The molecule has 0 aliphatic rings. The number of aliphatic hydroxyl groups is 2. The molecule has 1 aromatic carbocycles. The molecule has 0 spiro atoms. The molecule has 0 atom stereocenters. The average molecular weight is 247 g/mol. The molecule has 0 unspecified atom stereocenters. The molecule has 0 aliphatic carbocycles. The molecule has 2 rings (SSSR count). The number of nitrogens with one attached hydrogen (secondary N) is 1. The van der Waals surface area contributed by atoms with Gasteiger partial charge in [0.2, 0.25) is 0 Å². The highest BCUT2D eigenvalue weighted by Gasteiger charge is 2.23. The lowest BCUT2D eigenvalue weighted by atomic mass is 10.0. The molecule has 0 saturated heterocycles. The van der Waals surface area contributed by atoms with Gasteiger partial charge in [0.05, 0.1) is 24.3 Å². The third kappa shape index (κ3) is 2.42. The Morgan fingerprint density at radius 2 is 1.94 bits per heavy atom. The third-order valence-corrected chi connectivity index (χ3v) is 2.91. The van der Waals surface area contributed by atoms with Gasteiger partial charge in [0.15, 0.2) is 0 Å². The second-order valence-corrected chi connectivity index (χ2v) is 4.74. The van der Waals surface area contributed by atoms with Crippen molar-refractivity contribution in [2.75, 3.05) is 18.5 Å². The second-order valence-electron chi connectivity index (χ2n) is 4.74. The predicted molar refractivity (Wildman–Crippen MR) is 70.5 cm³/mol. The standard InChI is InChI=1S/C13H17N3O2/c1-9-3-4-11-10(5-9)12(15-8-14-11)16-13(2,6-17)7-18/h3-5,8,17-18H,6-7H2,1-2H3,(H,14,15,16). The predicted octanol–water partition coefficient (Wildman–Crippen LogP) is 1.09. The lowest BCUT2D eigenvalue weighted by molar-refractivity contribution is 0.147. The maximum Gasteiger partial charge on any atom is 0.137 e. The number of hydrogen-bond donors (Lipinski definition) is 3.